The highest BCUT2D eigenvalue weighted by Crippen LogP contribution is 2.20. The molecule has 0 aromatic rings. The van der Waals surface area contributed by atoms with Gasteiger partial charge in [0.25, 0.3) is 0 Å². The van der Waals surface area contributed by atoms with E-state index in [0.29, 0.717) is 18.2 Å². The van der Waals surface area contributed by atoms with Gasteiger partial charge in [-0.25, -0.2) is 0 Å². The van der Waals surface area contributed by atoms with E-state index < -0.39 is 6.04 Å². The van der Waals surface area contributed by atoms with Gasteiger partial charge in [-0.15, -0.1) is 11.7 Å². The van der Waals surface area contributed by atoms with Gasteiger partial charge in [0, 0.05) is 11.8 Å². The molecule has 0 spiro atoms. The summed E-state index contributed by atoms with van der Waals surface area (Å²) in [5.74, 6) is -0.0702. The zero-order chi connectivity index (χ0) is 12.1. The van der Waals surface area contributed by atoms with Crippen molar-refractivity contribution < 1.29 is 4.79 Å². The van der Waals surface area contributed by atoms with Crippen molar-refractivity contribution in [2.75, 3.05) is 6.54 Å². The molecule has 2 atom stereocenters. The molecule has 0 aliphatic heterocycles. The maximum Gasteiger partial charge on any atom is 0.236 e. The molecule has 0 saturated carbocycles. The van der Waals surface area contributed by atoms with Gasteiger partial charge in [-0.05, 0) is 11.8 Å². The van der Waals surface area contributed by atoms with E-state index in [9.17, 15) is 4.79 Å². The zero-order valence-corrected chi connectivity index (χ0v) is 11.6. The number of nitrogens with one attached hydrogen (secondary N) is 1. The van der Waals surface area contributed by atoms with Gasteiger partial charge in [0.1, 0.15) is 0 Å². The molecule has 0 aromatic carbocycles. The smallest absolute Gasteiger partial charge is 0.236 e. The Kier molecular flexibility index (Phi) is 6.71. The summed E-state index contributed by atoms with van der Waals surface area (Å²) in [6.45, 7) is 8.85. The van der Waals surface area contributed by atoms with Crippen LogP contribution in [0.25, 0.3) is 0 Å². The maximum atomic E-state index is 11.6. The lowest BCUT2D eigenvalue weighted by Gasteiger charge is -2.22. The summed E-state index contributed by atoms with van der Waals surface area (Å²) >= 11 is 4.07. The average molecular weight is 250 g/mol. The second kappa shape index (κ2) is 6.66. The van der Waals surface area contributed by atoms with E-state index in [4.69, 9.17) is 5.73 Å². The molecule has 5 heteroatoms. The summed E-state index contributed by atoms with van der Waals surface area (Å²) in [4.78, 5) is 11.6. The minimum atomic E-state index is -0.415. The van der Waals surface area contributed by atoms with Gasteiger partial charge in [0.05, 0.1) is 6.04 Å². The van der Waals surface area contributed by atoms with Crippen LogP contribution in [0.15, 0.2) is 0 Å². The van der Waals surface area contributed by atoms with Gasteiger partial charge in [-0.1, -0.05) is 38.5 Å². The first-order chi connectivity index (χ1) is 6.76. The summed E-state index contributed by atoms with van der Waals surface area (Å²) in [5, 5.41) is 3.13. The van der Waals surface area contributed by atoms with Crippen molar-refractivity contribution in [3.63, 3.8) is 0 Å². The summed E-state index contributed by atoms with van der Waals surface area (Å²) in [6, 6.07) is -0.415. The first-order valence-corrected chi connectivity index (χ1v) is 7.03. The molecule has 0 saturated heterocycles. The number of rotatable bonds is 5. The monoisotopic (exact) mass is 250 g/mol. The largest absolute Gasteiger partial charge is 0.354 e. The second-order valence-electron chi connectivity index (χ2n) is 5.03. The fraction of sp³-hybridized carbons (Fsp3) is 0.900. The summed E-state index contributed by atoms with van der Waals surface area (Å²) in [6.07, 6.45) is 0.696. The molecular weight excluding hydrogens is 228 g/mol. The Morgan fingerprint density at radius 1 is 1.53 bits per heavy atom. The van der Waals surface area contributed by atoms with E-state index in [1.54, 1.807) is 0 Å². The molecule has 15 heavy (non-hydrogen) atoms. The summed E-state index contributed by atoms with van der Waals surface area (Å²) in [7, 11) is 1.43. The minimum Gasteiger partial charge on any atom is -0.354 e. The molecule has 1 unspecified atom stereocenters. The molecule has 0 radical (unpaired) electrons. The van der Waals surface area contributed by atoms with E-state index >= 15 is 0 Å². The highest BCUT2D eigenvalue weighted by molar-refractivity contribution is 8.68. The van der Waals surface area contributed by atoms with Crippen molar-refractivity contribution in [3.8, 4) is 0 Å². The number of hydrogen-bond donors (Lipinski definition) is 3. The third kappa shape index (κ3) is 7.99. The van der Waals surface area contributed by atoms with Crippen LogP contribution in [-0.2, 0) is 4.79 Å². The Balaban J connectivity index is 3.90. The first kappa shape index (κ1) is 15.1. The Morgan fingerprint density at radius 2 is 2.07 bits per heavy atom. The number of carbonyl (C=O) groups is 1. The van der Waals surface area contributed by atoms with Gasteiger partial charge < -0.3 is 11.1 Å². The van der Waals surface area contributed by atoms with Crippen molar-refractivity contribution in [1.82, 2.24) is 5.32 Å². The number of hydrogen-bond acceptors (Lipinski definition) is 4. The van der Waals surface area contributed by atoms with Crippen molar-refractivity contribution in [2.45, 2.75) is 45.4 Å². The number of carbonyl (C=O) groups excluding carboxylic acids is 1. The van der Waals surface area contributed by atoms with E-state index in [1.807, 2.05) is 6.92 Å². The van der Waals surface area contributed by atoms with Crippen LogP contribution in [0.3, 0.4) is 0 Å². The molecule has 0 heterocycles. The van der Waals surface area contributed by atoms with Gasteiger partial charge in [-0.2, -0.15) is 0 Å². The van der Waals surface area contributed by atoms with Crippen LogP contribution in [0.5, 0.6) is 0 Å². The normalized spacial score (nSPS) is 15.9. The molecule has 0 aromatic heterocycles. The van der Waals surface area contributed by atoms with Gasteiger partial charge in [0.2, 0.25) is 5.91 Å². The Labute approximate surface area is 102 Å². The molecule has 0 rings (SSSR count). The third-order valence-corrected chi connectivity index (χ3v) is 3.52. The second-order valence-corrected chi connectivity index (χ2v) is 6.68. The predicted octanol–water partition coefficient (Wildman–Crippen LogP) is 1.83. The fourth-order valence-corrected chi connectivity index (χ4v) is 1.55. The minimum absolute atomic E-state index is 0.0702. The lowest BCUT2D eigenvalue weighted by Crippen LogP contribution is -2.44. The molecule has 0 aliphatic carbocycles. The SMILES string of the molecule is CC(CNC(=O)[C@@H](N)CC(C)(C)C)SS. The molecule has 0 aliphatic rings. The third-order valence-electron chi connectivity index (χ3n) is 1.91. The predicted molar refractivity (Wildman–Crippen MR) is 71.1 cm³/mol. The van der Waals surface area contributed by atoms with E-state index in [0.717, 1.165) is 0 Å². The lowest BCUT2D eigenvalue weighted by atomic mass is 9.88. The molecule has 0 bridgehead atoms. The lowest BCUT2D eigenvalue weighted by molar-refractivity contribution is -0.122. The maximum absolute atomic E-state index is 11.6. The number of nitrogens with two attached hydrogens (primary N) is 1. The molecule has 3 N–H and O–H groups in total. The Bertz CT molecular complexity index is 204. The topological polar surface area (TPSA) is 55.1 Å². The number of amides is 1. The van der Waals surface area contributed by atoms with Crippen molar-refractivity contribution in [2.24, 2.45) is 11.1 Å². The molecular formula is C10H22N2OS2. The van der Waals surface area contributed by atoms with Gasteiger partial charge in [-0.3, -0.25) is 4.79 Å². The van der Waals surface area contributed by atoms with Crippen molar-refractivity contribution >= 4 is 28.4 Å². The first-order valence-electron chi connectivity index (χ1n) is 5.10. The quantitative estimate of drug-likeness (QED) is 0.515. The average Bonchev–Trinajstić information content (AvgIpc) is 2.10. The van der Waals surface area contributed by atoms with Crippen LogP contribution in [0, 0.1) is 5.41 Å². The standard InChI is InChI=1S/C10H22N2OS2/c1-7(15-14)6-12-9(13)8(11)5-10(2,3)4/h7-8,14H,5-6,11H2,1-4H3,(H,12,13)/t7?,8-/m0/s1. The molecule has 90 valence electrons. The van der Waals surface area contributed by atoms with Crippen molar-refractivity contribution in [1.29, 1.82) is 0 Å². The van der Waals surface area contributed by atoms with Crippen molar-refractivity contribution in [3.05, 3.63) is 0 Å². The Hall–Kier alpha value is 0.130. The molecule has 3 nitrogen and oxygen atoms in total. The van der Waals surface area contributed by atoms with E-state index in [2.05, 4.69) is 37.7 Å². The van der Waals surface area contributed by atoms with Crippen LogP contribution < -0.4 is 11.1 Å². The van der Waals surface area contributed by atoms with Crippen LogP contribution in [0.2, 0.25) is 0 Å². The van der Waals surface area contributed by atoms with E-state index in [1.165, 1.54) is 10.8 Å². The highest BCUT2D eigenvalue weighted by Gasteiger charge is 2.21. The molecule has 0 fully saturated rings. The van der Waals surface area contributed by atoms with Crippen LogP contribution in [-0.4, -0.2) is 23.7 Å². The van der Waals surface area contributed by atoms with Crippen LogP contribution >= 0.6 is 22.5 Å². The highest BCUT2D eigenvalue weighted by atomic mass is 33.1. The van der Waals surface area contributed by atoms with E-state index in [-0.39, 0.29) is 11.3 Å². The summed E-state index contributed by atoms with van der Waals surface area (Å²) in [5.41, 5.74) is 5.88. The molecule has 1 amide bonds. The number of thiol groups is 1. The zero-order valence-electron chi connectivity index (χ0n) is 9.91. The Morgan fingerprint density at radius 3 is 2.47 bits per heavy atom. The fourth-order valence-electron chi connectivity index (χ4n) is 1.17. The van der Waals surface area contributed by atoms with Gasteiger partial charge in [0.15, 0.2) is 0 Å². The van der Waals surface area contributed by atoms with Gasteiger partial charge >= 0.3 is 0 Å². The van der Waals surface area contributed by atoms with Crippen LogP contribution in [0.4, 0.5) is 0 Å². The summed E-state index contributed by atoms with van der Waals surface area (Å²) < 4.78 is 0. The van der Waals surface area contributed by atoms with Crippen LogP contribution in [0.1, 0.15) is 34.1 Å².